The average molecular weight is 464 g/mol. The highest BCUT2D eigenvalue weighted by molar-refractivity contribution is 6.30. The standard InChI is InChI=1S/C26H26ClN3O3/c1-26(2,3)33-22-13-19(12-21-24(22)29-25(28-21)17-6-7-17)30-11-10-20(14-23(30)31)32-15-16-4-8-18(27)9-5-16/h4-5,8-14,17H,6-7,15H2,1-3H3,(H,28,29). The summed E-state index contributed by atoms with van der Waals surface area (Å²) in [6.07, 6.45) is 4.03. The number of rotatable bonds is 6. The Morgan fingerprint density at radius 3 is 2.55 bits per heavy atom. The van der Waals surface area contributed by atoms with Gasteiger partial charge in [-0.2, -0.15) is 0 Å². The van der Waals surface area contributed by atoms with Gasteiger partial charge in [-0.25, -0.2) is 4.98 Å². The number of nitrogens with one attached hydrogen (secondary N) is 1. The van der Waals surface area contributed by atoms with E-state index in [-0.39, 0.29) is 5.56 Å². The van der Waals surface area contributed by atoms with Crippen LogP contribution in [0.3, 0.4) is 0 Å². The molecule has 0 amide bonds. The fourth-order valence-corrected chi connectivity index (χ4v) is 3.82. The summed E-state index contributed by atoms with van der Waals surface area (Å²) >= 11 is 5.93. The third-order valence-electron chi connectivity index (χ3n) is 5.42. The number of H-pyrrole nitrogens is 1. The van der Waals surface area contributed by atoms with E-state index in [2.05, 4.69) is 4.98 Å². The number of ether oxygens (including phenoxy) is 2. The molecule has 33 heavy (non-hydrogen) atoms. The van der Waals surface area contributed by atoms with E-state index in [0.717, 1.165) is 35.3 Å². The molecule has 2 heterocycles. The summed E-state index contributed by atoms with van der Waals surface area (Å²) in [6.45, 7) is 6.35. The van der Waals surface area contributed by atoms with Gasteiger partial charge in [0.2, 0.25) is 0 Å². The predicted octanol–water partition coefficient (Wildman–Crippen LogP) is 6.00. The predicted molar refractivity (Wildman–Crippen MR) is 130 cm³/mol. The first-order valence-corrected chi connectivity index (χ1v) is 11.5. The molecule has 1 aliphatic rings. The van der Waals surface area contributed by atoms with Gasteiger partial charge in [0.05, 0.1) is 11.2 Å². The number of benzene rings is 2. The zero-order chi connectivity index (χ0) is 23.2. The summed E-state index contributed by atoms with van der Waals surface area (Å²) in [4.78, 5) is 21.2. The second kappa shape index (κ2) is 8.27. The van der Waals surface area contributed by atoms with Crippen molar-refractivity contribution < 1.29 is 9.47 Å². The summed E-state index contributed by atoms with van der Waals surface area (Å²) in [5, 5.41) is 0.676. The molecule has 6 nitrogen and oxygen atoms in total. The fourth-order valence-electron chi connectivity index (χ4n) is 3.70. The number of nitrogens with zero attached hydrogens (tertiary/aromatic N) is 2. The maximum absolute atomic E-state index is 13.0. The quantitative estimate of drug-likeness (QED) is 0.380. The Morgan fingerprint density at radius 2 is 1.88 bits per heavy atom. The van der Waals surface area contributed by atoms with Gasteiger partial charge in [-0.15, -0.1) is 0 Å². The van der Waals surface area contributed by atoms with Crippen molar-refractivity contribution in [1.29, 1.82) is 0 Å². The topological polar surface area (TPSA) is 69.1 Å². The molecular formula is C26H26ClN3O3. The molecule has 0 spiro atoms. The van der Waals surface area contributed by atoms with Crippen LogP contribution < -0.4 is 15.0 Å². The van der Waals surface area contributed by atoms with Gasteiger partial charge in [-0.3, -0.25) is 9.36 Å². The van der Waals surface area contributed by atoms with Gasteiger partial charge in [0.1, 0.15) is 35.0 Å². The monoisotopic (exact) mass is 463 g/mol. The molecule has 0 saturated heterocycles. The third kappa shape index (κ3) is 4.91. The lowest BCUT2D eigenvalue weighted by molar-refractivity contribution is 0.133. The molecule has 1 aliphatic carbocycles. The van der Waals surface area contributed by atoms with E-state index in [1.807, 2.05) is 57.2 Å². The van der Waals surface area contributed by atoms with Gasteiger partial charge >= 0.3 is 0 Å². The van der Waals surface area contributed by atoms with E-state index in [9.17, 15) is 4.79 Å². The van der Waals surface area contributed by atoms with Crippen LogP contribution in [0.15, 0.2) is 59.5 Å². The van der Waals surface area contributed by atoms with Crippen molar-refractivity contribution in [3.8, 4) is 17.2 Å². The summed E-state index contributed by atoms with van der Waals surface area (Å²) < 4.78 is 13.6. The van der Waals surface area contributed by atoms with Crippen LogP contribution in [0.2, 0.25) is 5.02 Å². The fraction of sp³-hybridized carbons (Fsp3) is 0.308. The number of aromatic amines is 1. The third-order valence-corrected chi connectivity index (χ3v) is 5.67. The Morgan fingerprint density at radius 1 is 1.12 bits per heavy atom. The molecule has 0 radical (unpaired) electrons. The van der Waals surface area contributed by atoms with E-state index in [4.69, 9.17) is 26.1 Å². The molecule has 1 N–H and O–H groups in total. The Kier molecular flexibility index (Phi) is 5.41. The minimum absolute atomic E-state index is 0.188. The molecule has 1 saturated carbocycles. The van der Waals surface area contributed by atoms with Crippen molar-refractivity contribution in [3.05, 3.63) is 81.5 Å². The van der Waals surface area contributed by atoms with Gasteiger partial charge in [-0.1, -0.05) is 23.7 Å². The van der Waals surface area contributed by atoms with Gasteiger partial charge < -0.3 is 14.5 Å². The Labute approximate surface area is 197 Å². The largest absolute Gasteiger partial charge is 0.489 e. The molecule has 5 rings (SSSR count). The van der Waals surface area contributed by atoms with Crippen molar-refractivity contribution in [2.24, 2.45) is 0 Å². The van der Waals surface area contributed by atoms with E-state index in [1.165, 1.54) is 6.07 Å². The molecule has 4 aromatic rings. The molecule has 0 aliphatic heterocycles. The summed E-state index contributed by atoms with van der Waals surface area (Å²) in [7, 11) is 0. The zero-order valence-corrected chi connectivity index (χ0v) is 19.6. The SMILES string of the molecule is CC(C)(C)Oc1cc(-n2ccc(OCc3ccc(Cl)cc3)cc2=O)cc2[nH]c(C3CC3)nc12. The molecule has 0 bridgehead atoms. The van der Waals surface area contributed by atoms with Crippen LogP contribution in [-0.4, -0.2) is 20.1 Å². The second-order valence-corrected chi connectivity index (χ2v) is 9.87. The molecule has 170 valence electrons. The van der Waals surface area contributed by atoms with Crippen molar-refractivity contribution >= 4 is 22.6 Å². The molecule has 0 unspecified atom stereocenters. The number of hydrogen-bond donors (Lipinski definition) is 1. The number of pyridine rings is 1. The summed E-state index contributed by atoms with van der Waals surface area (Å²) in [5.41, 5.74) is 2.77. The Balaban J connectivity index is 1.46. The van der Waals surface area contributed by atoms with Crippen LogP contribution in [0.5, 0.6) is 11.5 Å². The highest BCUT2D eigenvalue weighted by Gasteiger charge is 2.28. The van der Waals surface area contributed by atoms with Crippen LogP contribution in [0.4, 0.5) is 0 Å². The first-order chi connectivity index (χ1) is 15.7. The Bertz CT molecular complexity index is 1360. The molecule has 2 aromatic carbocycles. The zero-order valence-electron chi connectivity index (χ0n) is 18.9. The van der Waals surface area contributed by atoms with E-state index < -0.39 is 5.60 Å². The Hall–Kier alpha value is -3.25. The smallest absolute Gasteiger partial charge is 0.258 e. The molecule has 0 atom stereocenters. The highest BCUT2D eigenvalue weighted by atomic mass is 35.5. The van der Waals surface area contributed by atoms with E-state index in [0.29, 0.717) is 34.7 Å². The van der Waals surface area contributed by atoms with Crippen molar-refractivity contribution in [3.63, 3.8) is 0 Å². The maximum atomic E-state index is 13.0. The van der Waals surface area contributed by atoms with Crippen molar-refractivity contribution in [2.75, 3.05) is 0 Å². The first-order valence-electron chi connectivity index (χ1n) is 11.1. The number of halogens is 1. The van der Waals surface area contributed by atoms with Crippen LogP contribution in [0.1, 0.15) is 50.9 Å². The average Bonchev–Trinajstić information content (AvgIpc) is 3.51. The minimum atomic E-state index is -0.394. The lowest BCUT2D eigenvalue weighted by Gasteiger charge is -2.22. The maximum Gasteiger partial charge on any atom is 0.258 e. The molecular weight excluding hydrogens is 438 g/mol. The van der Waals surface area contributed by atoms with Gasteiger partial charge in [0, 0.05) is 29.3 Å². The normalized spacial score (nSPS) is 13.9. The lowest BCUT2D eigenvalue weighted by Crippen LogP contribution is -2.23. The second-order valence-electron chi connectivity index (χ2n) is 9.44. The van der Waals surface area contributed by atoms with Crippen LogP contribution >= 0.6 is 11.6 Å². The number of hydrogen-bond acceptors (Lipinski definition) is 4. The van der Waals surface area contributed by atoms with Crippen molar-refractivity contribution in [1.82, 2.24) is 14.5 Å². The van der Waals surface area contributed by atoms with Gasteiger partial charge in [-0.05, 0) is 63.4 Å². The van der Waals surface area contributed by atoms with Crippen LogP contribution in [0.25, 0.3) is 16.7 Å². The summed E-state index contributed by atoms with van der Waals surface area (Å²) in [6, 6.07) is 14.5. The van der Waals surface area contributed by atoms with E-state index >= 15 is 0 Å². The van der Waals surface area contributed by atoms with Gasteiger partial charge in [0.15, 0.2) is 0 Å². The minimum Gasteiger partial charge on any atom is -0.489 e. The number of aromatic nitrogens is 3. The first kappa shape index (κ1) is 21.6. The highest BCUT2D eigenvalue weighted by Crippen LogP contribution is 2.40. The number of imidazole rings is 1. The lowest BCUT2D eigenvalue weighted by atomic mass is 10.2. The van der Waals surface area contributed by atoms with Gasteiger partial charge in [0.25, 0.3) is 5.56 Å². The summed E-state index contributed by atoms with van der Waals surface area (Å²) in [5.74, 6) is 2.64. The molecule has 7 heteroatoms. The molecule has 1 fully saturated rings. The van der Waals surface area contributed by atoms with Crippen molar-refractivity contribution in [2.45, 2.75) is 51.7 Å². The van der Waals surface area contributed by atoms with Crippen LogP contribution in [0, 0.1) is 0 Å². The van der Waals surface area contributed by atoms with E-state index in [1.54, 1.807) is 16.8 Å². The molecule has 2 aromatic heterocycles. The van der Waals surface area contributed by atoms with Crippen LogP contribution in [-0.2, 0) is 6.61 Å². The number of fused-ring (bicyclic) bond motifs is 1.